The van der Waals surface area contributed by atoms with Gasteiger partial charge in [-0.25, -0.2) is 0 Å². The lowest BCUT2D eigenvalue weighted by Gasteiger charge is -2.21. The molecule has 0 aliphatic carbocycles. The van der Waals surface area contributed by atoms with Gasteiger partial charge in [0.1, 0.15) is 0 Å². The van der Waals surface area contributed by atoms with Crippen molar-refractivity contribution < 1.29 is 14.7 Å². The van der Waals surface area contributed by atoms with E-state index in [0.717, 1.165) is 32.1 Å². The van der Waals surface area contributed by atoms with Crippen LogP contribution in [-0.2, 0) is 9.59 Å². The van der Waals surface area contributed by atoms with Crippen LogP contribution in [0.3, 0.4) is 0 Å². The highest BCUT2D eigenvalue weighted by molar-refractivity contribution is 5.77. The molecule has 3 unspecified atom stereocenters. The molecule has 0 aliphatic rings. The molecule has 0 fully saturated rings. The number of hydrogen-bond donors (Lipinski definition) is 3. The largest absolute Gasteiger partial charge is 0.481 e. The first-order chi connectivity index (χ1) is 9.88. The van der Waals surface area contributed by atoms with Crippen LogP contribution < -0.4 is 11.1 Å². The molecule has 0 aromatic carbocycles. The van der Waals surface area contributed by atoms with E-state index in [9.17, 15) is 9.59 Å². The molecule has 0 aliphatic heterocycles. The number of nitrogens with one attached hydrogen (secondary N) is 1. The summed E-state index contributed by atoms with van der Waals surface area (Å²) in [5.41, 5.74) is 5.53. The summed E-state index contributed by atoms with van der Waals surface area (Å²) in [6, 6.07) is -0.268. The molecule has 0 saturated carbocycles. The first kappa shape index (κ1) is 19.9. The highest BCUT2D eigenvalue weighted by Gasteiger charge is 2.19. The zero-order valence-electron chi connectivity index (χ0n) is 13.7. The van der Waals surface area contributed by atoms with Crippen molar-refractivity contribution >= 4 is 11.9 Å². The Kier molecular flexibility index (Phi) is 10.9. The molecular weight excluding hydrogens is 268 g/mol. The number of carboxylic acids is 1. The summed E-state index contributed by atoms with van der Waals surface area (Å²) in [4.78, 5) is 22.8. The second-order valence-electron chi connectivity index (χ2n) is 6.22. The number of amides is 1. The van der Waals surface area contributed by atoms with E-state index in [1.54, 1.807) is 0 Å². The van der Waals surface area contributed by atoms with Gasteiger partial charge in [-0.1, -0.05) is 40.0 Å². The van der Waals surface area contributed by atoms with Gasteiger partial charge in [0.25, 0.3) is 0 Å². The van der Waals surface area contributed by atoms with E-state index in [2.05, 4.69) is 19.2 Å². The maximum absolute atomic E-state index is 11.9. The fourth-order valence-corrected chi connectivity index (χ4v) is 2.36. The van der Waals surface area contributed by atoms with Crippen LogP contribution in [-0.4, -0.2) is 29.6 Å². The molecule has 0 spiro atoms. The van der Waals surface area contributed by atoms with Gasteiger partial charge in [0.05, 0.1) is 6.42 Å². The van der Waals surface area contributed by atoms with E-state index in [0.29, 0.717) is 24.8 Å². The second-order valence-corrected chi connectivity index (χ2v) is 6.22. The van der Waals surface area contributed by atoms with E-state index in [-0.39, 0.29) is 18.4 Å². The van der Waals surface area contributed by atoms with Crippen LogP contribution in [0.25, 0.3) is 0 Å². The summed E-state index contributed by atoms with van der Waals surface area (Å²) in [6.07, 6.45) is 5.23. The quantitative estimate of drug-likeness (QED) is 0.516. The number of unbranched alkanes of at least 4 members (excludes halogenated alkanes) is 1. The molecule has 21 heavy (non-hydrogen) atoms. The van der Waals surface area contributed by atoms with E-state index >= 15 is 0 Å². The Balaban J connectivity index is 4.27. The average Bonchev–Trinajstić information content (AvgIpc) is 2.41. The Morgan fingerprint density at radius 2 is 1.86 bits per heavy atom. The number of rotatable bonds is 12. The van der Waals surface area contributed by atoms with Gasteiger partial charge in [-0.2, -0.15) is 0 Å². The highest BCUT2D eigenvalue weighted by atomic mass is 16.4. The van der Waals surface area contributed by atoms with E-state index in [1.807, 2.05) is 6.92 Å². The number of carbonyl (C=O) groups excluding carboxylic acids is 1. The van der Waals surface area contributed by atoms with Gasteiger partial charge in [-0.15, -0.1) is 0 Å². The predicted molar refractivity (Wildman–Crippen MR) is 84.9 cm³/mol. The Morgan fingerprint density at radius 3 is 2.38 bits per heavy atom. The van der Waals surface area contributed by atoms with Crippen molar-refractivity contribution in [3.05, 3.63) is 0 Å². The van der Waals surface area contributed by atoms with Crippen molar-refractivity contribution in [3.63, 3.8) is 0 Å². The van der Waals surface area contributed by atoms with E-state index in [1.165, 1.54) is 0 Å². The van der Waals surface area contributed by atoms with Crippen molar-refractivity contribution in [2.45, 2.75) is 71.8 Å². The highest BCUT2D eigenvalue weighted by Crippen LogP contribution is 2.16. The van der Waals surface area contributed by atoms with Gasteiger partial charge < -0.3 is 16.2 Å². The third-order valence-corrected chi connectivity index (χ3v) is 3.79. The van der Waals surface area contributed by atoms with Crippen molar-refractivity contribution in [3.8, 4) is 0 Å². The SMILES string of the molecule is CCCCC(C)CC(CC(=O)O)NC(=O)CCC(C)CN. The van der Waals surface area contributed by atoms with E-state index in [4.69, 9.17) is 10.8 Å². The lowest BCUT2D eigenvalue weighted by molar-refractivity contribution is -0.137. The maximum atomic E-state index is 11.9. The maximum Gasteiger partial charge on any atom is 0.305 e. The molecular formula is C16H32N2O3. The van der Waals surface area contributed by atoms with Gasteiger partial charge in [-0.3, -0.25) is 9.59 Å². The third kappa shape index (κ3) is 11.3. The number of hydrogen-bond acceptors (Lipinski definition) is 3. The van der Waals surface area contributed by atoms with Crippen LogP contribution in [0.2, 0.25) is 0 Å². The molecule has 5 nitrogen and oxygen atoms in total. The van der Waals surface area contributed by atoms with Crippen LogP contribution >= 0.6 is 0 Å². The smallest absolute Gasteiger partial charge is 0.305 e. The molecule has 0 saturated heterocycles. The molecule has 0 bridgehead atoms. The summed E-state index contributed by atoms with van der Waals surface area (Å²) in [6.45, 7) is 6.84. The van der Waals surface area contributed by atoms with Gasteiger partial charge in [0.15, 0.2) is 0 Å². The summed E-state index contributed by atoms with van der Waals surface area (Å²) in [5.74, 6) is -0.183. The minimum atomic E-state index is -0.863. The first-order valence-corrected chi connectivity index (χ1v) is 8.10. The first-order valence-electron chi connectivity index (χ1n) is 8.10. The van der Waals surface area contributed by atoms with Crippen molar-refractivity contribution in [1.82, 2.24) is 5.32 Å². The molecule has 0 aromatic rings. The van der Waals surface area contributed by atoms with Crippen LogP contribution in [0.4, 0.5) is 0 Å². The minimum Gasteiger partial charge on any atom is -0.481 e. The van der Waals surface area contributed by atoms with Crippen molar-refractivity contribution in [2.24, 2.45) is 17.6 Å². The van der Waals surface area contributed by atoms with Gasteiger partial charge >= 0.3 is 5.97 Å². The topological polar surface area (TPSA) is 92.4 Å². The molecule has 0 aromatic heterocycles. The number of nitrogens with two attached hydrogens (primary N) is 1. The number of carbonyl (C=O) groups is 2. The monoisotopic (exact) mass is 300 g/mol. The molecule has 0 rings (SSSR count). The Hall–Kier alpha value is -1.10. The molecule has 0 radical (unpaired) electrons. The molecule has 0 heterocycles. The van der Waals surface area contributed by atoms with Crippen LogP contribution in [0.15, 0.2) is 0 Å². The Morgan fingerprint density at radius 1 is 1.19 bits per heavy atom. The number of aliphatic carboxylic acids is 1. The Labute approximate surface area is 128 Å². The third-order valence-electron chi connectivity index (χ3n) is 3.79. The van der Waals surface area contributed by atoms with Gasteiger partial charge in [0, 0.05) is 12.5 Å². The zero-order valence-corrected chi connectivity index (χ0v) is 13.7. The summed E-state index contributed by atoms with van der Waals surface area (Å²) < 4.78 is 0. The van der Waals surface area contributed by atoms with E-state index < -0.39 is 5.97 Å². The van der Waals surface area contributed by atoms with Crippen LogP contribution in [0, 0.1) is 11.8 Å². The zero-order chi connectivity index (χ0) is 16.3. The standard InChI is InChI=1S/C16H32N2O3/c1-4-5-6-12(2)9-14(10-16(20)21)18-15(19)8-7-13(3)11-17/h12-14H,4-11,17H2,1-3H3,(H,18,19)(H,20,21). The lowest BCUT2D eigenvalue weighted by Crippen LogP contribution is -2.37. The van der Waals surface area contributed by atoms with Crippen molar-refractivity contribution in [1.29, 1.82) is 0 Å². The summed E-state index contributed by atoms with van der Waals surface area (Å²) in [5, 5.41) is 11.8. The number of carboxylic acid groups (broad SMARTS) is 1. The van der Waals surface area contributed by atoms with Crippen LogP contribution in [0.5, 0.6) is 0 Å². The fraction of sp³-hybridized carbons (Fsp3) is 0.875. The fourth-order valence-electron chi connectivity index (χ4n) is 2.36. The molecule has 124 valence electrons. The minimum absolute atomic E-state index is 0.00531. The Bertz CT molecular complexity index is 308. The molecule has 1 amide bonds. The van der Waals surface area contributed by atoms with Gasteiger partial charge in [-0.05, 0) is 31.2 Å². The predicted octanol–water partition coefficient (Wildman–Crippen LogP) is 2.54. The lowest BCUT2D eigenvalue weighted by atomic mass is 9.94. The summed E-state index contributed by atoms with van der Waals surface area (Å²) in [7, 11) is 0. The average molecular weight is 300 g/mol. The molecule has 3 atom stereocenters. The second kappa shape index (κ2) is 11.5. The van der Waals surface area contributed by atoms with Gasteiger partial charge in [0.2, 0.25) is 5.91 Å². The molecule has 5 heteroatoms. The normalized spacial score (nSPS) is 15.2. The molecule has 4 N–H and O–H groups in total. The van der Waals surface area contributed by atoms with Crippen LogP contribution in [0.1, 0.15) is 65.7 Å². The summed E-state index contributed by atoms with van der Waals surface area (Å²) >= 11 is 0. The van der Waals surface area contributed by atoms with Crippen molar-refractivity contribution in [2.75, 3.05) is 6.54 Å².